The highest BCUT2D eigenvalue weighted by Crippen LogP contribution is 2.28. The van der Waals surface area contributed by atoms with Crippen LogP contribution in [0.2, 0.25) is 0 Å². The third-order valence-corrected chi connectivity index (χ3v) is 3.23. The summed E-state index contributed by atoms with van der Waals surface area (Å²) in [5.41, 5.74) is 0.146. The summed E-state index contributed by atoms with van der Waals surface area (Å²) in [5.74, 6) is 0. The topological polar surface area (TPSA) is 58.1 Å². The molecule has 7 heteroatoms. The SMILES string of the molecule is Cc1cc(C)n(/N=C\c2ccc(C(F)(F)F)cc2)c(=O)c1C#N. The molecule has 0 atom stereocenters. The maximum Gasteiger partial charge on any atom is 0.416 e. The van der Waals surface area contributed by atoms with Crippen LogP contribution in [-0.4, -0.2) is 10.9 Å². The maximum atomic E-state index is 12.5. The van der Waals surface area contributed by atoms with Crippen LogP contribution in [0, 0.1) is 25.2 Å². The first-order chi connectivity index (χ1) is 10.7. The van der Waals surface area contributed by atoms with Crippen LogP contribution < -0.4 is 5.56 Å². The van der Waals surface area contributed by atoms with E-state index in [9.17, 15) is 18.0 Å². The van der Waals surface area contributed by atoms with Gasteiger partial charge in [-0.1, -0.05) is 12.1 Å². The van der Waals surface area contributed by atoms with Gasteiger partial charge in [-0.25, -0.2) is 4.68 Å². The van der Waals surface area contributed by atoms with E-state index in [1.165, 1.54) is 18.3 Å². The van der Waals surface area contributed by atoms with Gasteiger partial charge in [-0.2, -0.15) is 23.5 Å². The second-order valence-corrected chi connectivity index (χ2v) is 4.94. The molecule has 0 amide bonds. The fraction of sp³-hybridized carbons (Fsp3) is 0.188. The molecule has 0 aliphatic rings. The molecule has 0 aliphatic carbocycles. The van der Waals surface area contributed by atoms with Gasteiger partial charge in [-0.3, -0.25) is 4.79 Å². The van der Waals surface area contributed by atoms with Gasteiger partial charge in [0.05, 0.1) is 11.8 Å². The van der Waals surface area contributed by atoms with Crippen molar-refractivity contribution in [3.63, 3.8) is 0 Å². The van der Waals surface area contributed by atoms with E-state index >= 15 is 0 Å². The van der Waals surface area contributed by atoms with Crippen LogP contribution in [0.5, 0.6) is 0 Å². The number of aryl methyl sites for hydroxylation is 2. The Morgan fingerprint density at radius 3 is 2.35 bits per heavy atom. The number of pyridine rings is 1. The number of nitriles is 1. The third kappa shape index (κ3) is 3.48. The van der Waals surface area contributed by atoms with Crippen molar-refractivity contribution in [2.75, 3.05) is 0 Å². The van der Waals surface area contributed by atoms with Gasteiger partial charge in [-0.15, -0.1) is 0 Å². The van der Waals surface area contributed by atoms with E-state index in [0.717, 1.165) is 16.8 Å². The number of hydrogen-bond donors (Lipinski definition) is 0. The Hall–Kier alpha value is -2.88. The molecule has 0 bridgehead atoms. The quantitative estimate of drug-likeness (QED) is 0.798. The number of benzene rings is 1. The molecule has 1 aromatic heterocycles. The van der Waals surface area contributed by atoms with Gasteiger partial charge in [0.1, 0.15) is 11.6 Å². The monoisotopic (exact) mass is 319 g/mol. The number of nitrogens with zero attached hydrogens (tertiary/aromatic N) is 3. The smallest absolute Gasteiger partial charge is 0.266 e. The van der Waals surface area contributed by atoms with Crippen LogP contribution in [0.15, 0.2) is 40.2 Å². The minimum atomic E-state index is -4.40. The van der Waals surface area contributed by atoms with Gasteiger partial charge in [0.15, 0.2) is 0 Å². The highest BCUT2D eigenvalue weighted by molar-refractivity contribution is 5.79. The number of aromatic nitrogens is 1. The molecule has 0 unspecified atom stereocenters. The molecule has 1 heterocycles. The maximum absolute atomic E-state index is 12.5. The van der Waals surface area contributed by atoms with Gasteiger partial charge in [-0.05, 0) is 43.2 Å². The Labute approximate surface area is 130 Å². The van der Waals surface area contributed by atoms with Crippen LogP contribution in [0.25, 0.3) is 0 Å². The molecular formula is C16H12F3N3O. The van der Waals surface area contributed by atoms with Crippen molar-refractivity contribution in [1.82, 2.24) is 4.68 Å². The van der Waals surface area contributed by atoms with E-state index in [1.54, 1.807) is 19.9 Å². The largest absolute Gasteiger partial charge is 0.416 e. The van der Waals surface area contributed by atoms with E-state index in [2.05, 4.69) is 5.10 Å². The van der Waals surface area contributed by atoms with Gasteiger partial charge >= 0.3 is 6.18 Å². The Kier molecular flexibility index (Phi) is 4.36. The molecule has 2 rings (SSSR count). The lowest BCUT2D eigenvalue weighted by Gasteiger charge is -2.07. The molecule has 0 fully saturated rings. The average molecular weight is 319 g/mol. The van der Waals surface area contributed by atoms with Gasteiger partial charge in [0.2, 0.25) is 0 Å². The van der Waals surface area contributed by atoms with Crippen molar-refractivity contribution in [2.45, 2.75) is 20.0 Å². The Bertz CT molecular complexity index is 856. The predicted molar refractivity (Wildman–Crippen MR) is 79.3 cm³/mol. The van der Waals surface area contributed by atoms with E-state index in [4.69, 9.17) is 5.26 Å². The van der Waals surface area contributed by atoms with E-state index in [0.29, 0.717) is 16.8 Å². The normalized spacial score (nSPS) is 11.7. The molecule has 0 aliphatic heterocycles. The molecule has 0 saturated heterocycles. The van der Waals surface area contributed by atoms with Crippen molar-refractivity contribution in [3.05, 3.63) is 68.6 Å². The summed E-state index contributed by atoms with van der Waals surface area (Å²) in [7, 11) is 0. The van der Waals surface area contributed by atoms with Crippen molar-refractivity contribution in [1.29, 1.82) is 5.26 Å². The average Bonchev–Trinajstić information content (AvgIpc) is 2.46. The molecule has 23 heavy (non-hydrogen) atoms. The summed E-state index contributed by atoms with van der Waals surface area (Å²) in [6.07, 6.45) is -3.13. The lowest BCUT2D eigenvalue weighted by atomic mass is 10.1. The zero-order valence-corrected chi connectivity index (χ0v) is 12.3. The Morgan fingerprint density at radius 2 is 1.83 bits per heavy atom. The van der Waals surface area contributed by atoms with E-state index in [1.807, 2.05) is 6.07 Å². The molecule has 118 valence electrons. The fourth-order valence-corrected chi connectivity index (χ4v) is 2.04. The van der Waals surface area contributed by atoms with E-state index in [-0.39, 0.29) is 5.56 Å². The van der Waals surface area contributed by atoms with Crippen molar-refractivity contribution < 1.29 is 13.2 Å². The van der Waals surface area contributed by atoms with Gasteiger partial charge < -0.3 is 0 Å². The molecule has 2 aromatic rings. The number of alkyl halides is 3. The number of rotatable bonds is 2. The standard InChI is InChI=1S/C16H12F3N3O/c1-10-7-11(2)22(15(23)14(10)8-20)21-9-12-3-5-13(6-4-12)16(17,18)19/h3-7,9H,1-2H3/b21-9-. The predicted octanol–water partition coefficient (Wildman–Crippen LogP) is 3.24. The highest BCUT2D eigenvalue weighted by atomic mass is 19.4. The molecule has 0 radical (unpaired) electrons. The molecule has 0 saturated carbocycles. The minimum Gasteiger partial charge on any atom is -0.266 e. The summed E-state index contributed by atoms with van der Waals surface area (Å²) in [5, 5.41) is 12.9. The highest BCUT2D eigenvalue weighted by Gasteiger charge is 2.29. The molecule has 4 nitrogen and oxygen atoms in total. The second kappa shape index (κ2) is 6.08. The summed E-state index contributed by atoms with van der Waals surface area (Å²) >= 11 is 0. The molecule has 0 spiro atoms. The zero-order chi connectivity index (χ0) is 17.2. The number of hydrogen-bond acceptors (Lipinski definition) is 3. The summed E-state index contributed by atoms with van der Waals surface area (Å²) in [6.45, 7) is 3.30. The molecule has 1 aromatic carbocycles. The molecular weight excluding hydrogens is 307 g/mol. The Balaban J connectivity index is 2.38. The summed E-state index contributed by atoms with van der Waals surface area (Å²) < 4.78 is 38.5. The zero-order valence-electron chi connectivity index (χ0n) is 12.3. The lowest BCUT2D eigenvalue weighted by molar-refractivity contribution is -0.137. The first-order valence-corrected chi connectivity index (χ1v) is 6.59. The van der Waals surface area contributed by atoms with Gasteiger partial charge in [0.25, 0.3) is 5.56 Å². The fourth-order valence-electron chi connectivity index (χ4n) is 2.04. The lowest BCUT2D eigenvalue weighted by Crippen LogP contribution is -2.22. The first kappa shape index (κ1) is 16.5. The van der Waals surface area contributed by atoms with Crippen molar-refractivity contribution in [3.8, 4) is 6.07 Å². The van der Waals surface area contributed by atoms with Crippen LogP contribution in [0.1, 0.15) is 27.9 Å². The van der Waals surface area contributed by atoms with Crippen LogP contribution in [-0.2, 0) is 6.18 Å². The minimum absolute atomic E-state index is 0.0137. The van der Waals surface area contributed by atoms with Gasteiger partial charge in [0, 0.05) is 5.69 Å². The molecule has 0 N–H and O–H groups in total. The van der Waals surface area contributed by atoms with E-state index < -0.39 is 17.3 Å². The van der Waals surface area contributed by atoms with Crippen molar-refractivity contribution >= 4 is 6.21 Å². The Morgan fingerprint density at radius 1 is 1.22 bits per heavy atom. The van der Waals surface area contributed by atoms with Crippen molar-refractivity contribution in [2.24, 2.45) is 5.10 Å². The third-order valence-electron chi connectivity index (χ3n) is 3.23. The summed E-state index contributed by atoms with van der Waals surface area (Å²) in [6, 6.07) is 7.85. The number of halogens is 3. The van der Waals surface area contributed by atoms with Crippen LogP contribution >= 0.6 is 0 Å². The first-order valence-electron chi connectivity index (χ1n) is 6.59. The van der Waals surface area contributed by atoms with Crippen LogP contribution in [0.4, 0.5) is 13.2 Å². The summed E-state index contributed by atoms with van der Waals surface area (Å²) in [4.78, 5) is 12.1. The second-order valence-electron chi connectivity index (χ2n) is 4.94. The van der Waals surface area contributed by atoms with Crippen LogP contribution in [0.3, 0.4) is 0 Å².